The normalized spacial score (nSPS) is 11.0. The number of hydrogen-bond donors (Lipinski definition) is 2. The zero-order chi connectivity index (χ0) is 13.2. The fraction of sp³-hybridized carbons (Fsp3) is 0.214. The highest BCUT2D eigenvalue weighted by Gasteiger charge is 2.07. The Hall–Kier alpha value is -2.43. The van der Waals surface area contributed by atoms with Gasteiger partial charge in [-0.25, -0.2) is 15.0 Å². The van der Waals surface area contributed by atoms with Crippen LogP contribution in [0.15, 0.2) is 30.3 Å². The molecule has 0 fully saturated rings. The van der Waals surface area contributed by atoms with Crippen molar-refractivity contribution in [2.24, 2.45) is 0 Å². The van der Waals surface area contributed by atoms with Crippen molar-refractivity contribution in [1.82, 2.24) is 19.9 Å². The average molecular weight is 253 g/mol. The molecule has 1 aromatic carbocycles. The number of aryl methyl sites for hydroxylation is 1. The predicted octanol–water partition coefficient (Wildman–Crippen LogP) is 2.09. The molecule has 0 radical (unpaired) electrons. The second-order valence-corrected chi connectivity index (χ2v) is 4.43. The van der Waals surface area contributed by atoms with E-state index in [-0.39, 0.29) is 0 Å². The van der Waals surface area contributed by atoms with Crippen LogP contribution in [0.5, 0.6) is 0 Å². The van der Waals surface area contributed by atoms with Crippen LogP contribution in [0.25, 0.3) is 11.0 Å². The topological polar surface area (TPSA) is 80.5 Å². The number of rotatable bonds is 3. The molecule has 3 N–H and O–H groups in total. The lowest BCUT2D eigenvalue weighted by molar-refractivity contribution is 0.882. The molecule has 0 saturated carbocycles. The van der Waals surface area contributed by atoms with Gasteiger partial charge in [-0.1, -0.05) is 19.1 Å². The van der Waals surface area contributed by atoms with Crippen LogP contribution in [-0.2, 0) is 12.8 Å². The summed E-state index contributed by atoms with van der Waals surface area (Å²) in [5, 5.41) is 0. The van der Waals surface area contributed by atoms with Crippen molar-refractivity contribution < 1.29 is 0 Å². The molecule has 0 saturated heterocycles. The molecule has 2 heterocycles. The van der Waals surface area contributed by atoms with E-state index in [1.54, 1.807) is 0 Å². The van der Waals surface area contributed by atoms with Crippen molar-refractivity contribution in [3.8, 4) is 0 Å². The van der Waals surface area contributed by atoms with Crippen molar-refractivity contribution in [3.63, 3.8) is 0 Å². The van der Waals surface area contributed by atoms with Crippen molar-refractivity contribution in [2.75, 3.05) is 5.73 Å². The van der Waals surface area contributed by atoms with Gasteiger partial charge in [0.05, 0.1) is 17.5 Å². The Morgan fingerprint density at radius 2 is 2.00 bits per heavy atom. The minimum Gasteiger partial charge on any atom is -0.384 e. The first-order chi connectivity index (χ1) is 9.24. The third-order valence-corrected chi connectivity index (χ3v) is 2.97. The van der Waals surface area contributed by atoms with Crippen molar-refractivity contribution in [1.29, 1.82) is 0 Å². The van der Waals surface area contributed by atoms with Crippen LogP contribution >= 0.6 is 0 Å². The van der Waals surface area contributed by atoms with Crippen LogP contribution in [0.2, 0.25) is 0 Å². The molecular formula is C14H15N5. The van der Waals surface area contributed by atoms with E-state index in [0.717, 1.165) is 29.0 Å². The van der Waals surface area contributed by atoms with Gasteiger partial charge in [-0.15, -0.1) is 0 Å². The second kappa shape index (κ2) is 4.68. The van der Waals surface area contributed by atoms with Gasteiger partial charge in [-0.2, -0.15) is 0 Å². The van der Waals surface area contributed by atoms with Crippen LogP contribution in [-0.4, -0.2) is 19.9 Å². The van der Waals surface area contributed by atoms with E-state index in [0.29, 0.717) is 18.1 Å². The fourth-order valence-corrected chi connectivity index (χ4v) is 2.07. The first-order valence-corrected chi connectivity index (χ1v) is 6.30. The lowest BCUT2D eigenvalue weighted by atomic mass is 10.3. The predicted molar refractivity (Wildman–Crippen MR) is 74.7 cm³/mol. The maximum absolute atomic E-state index is 5.78. The number of anilines is 1. The highest BCUT2D eigenvalue weighted by Crippen LogP contribution is 2.13. The molecule has 19 heavy (non-hydrogen) atoms. The van der Waals surface area contributed by atoms with Crippen LogP contribution < -0.4 is 5.73 Å². The Labute approximate surface area is 110 Å². The number of aromatic nitrogens is 4. The summed E-state index contributed by atoms with van der Waals surface area (Å²) in [4.78, 5) is 16.5. The number of fused-ring (bicyclic) bond motifs is 1. The monoisotopic (exact) mass is 253 g/mol. The summed E-state index contributed by atoms with van der Waals surface area (Å²) >= 11 is 0. The number of aromatic amines is 1. The van der Waals surface area contributed by atoms with E-state index in [1.807, 2.05) is 37.3 Å². The standard InChI is InChI=1S/C14H15N5/c1-2-9-7-12(15)19-13(16-9)8-14-17-10-5-3-4-6-11(10)18-14/h3-7H,2,8H2,1H3,(H,17,18)(H2,15,16,19). The first-order valence-electron chi connectivity index (χ1n) is 6.30. The number of benzene rings is 1. The Kier molecular flexibility index (Phi) is 2.87. The summed E-state index contributed by atoms with van der Waals surface area (Å²) in [6.45, 7) is 2.05. The number of imidazole rings is 1. The summed E-state index contributed by atoms with van der Waals surface area (Å²) < 4.78 is 0. The Bertz CT molecular complexity index is 684. The summed E-state index contributed by atoms with van der Waals surface area (Å²) in [6.07, 6.45) is 1.41. The Morgan fingerprint density at radius 3 is 2.79 bits per heavy atom. The van der Waals surface area contributed by atoms with Gasteiger partial charge in [0.25, 0.3) is 0 Å². The number of nitrogen functional groups attached to an aromatic ring is 1. The summed E-state index contributed by atoms with van der Waals surface area (Å²) in [6, 6.07) is 9.74. The molecular weight excluding hydrogens is 238 g/mol. The number of nitrogens with two attached hydrogens (primary N) is 1. The second-order valence-electron chi connectivity index (χ2n) is 4.43. The molecule has 0 aliphatic rings. The van der Waals surface area contributed by atoms with E-state index < -0.39 is 0 Å². The number of nitrogens with one attached hydrogen (secondary N) is 1. The molecule has 0 amide bonds. The van der Waals surface area contributed by atoms with Crippen LogP contribution in [0.1, 0.15) is 24.3 Å². The zero-order valence-corrected chi connectivity index (χ0v) is 10.7. The lowest BCUT2D eigenvalue weighted by Crippen LogP contribution is -2.04. The Morgan fingerprint density at radius 1 is 1.16 bits per heavy atom. The first kappa shape index (κ1) is 11.6. The summed E-state index contributed by atoms with van der Waals surface area (Å²) in [7, 11) is 0. The van der Waals surface area contributed by atoms with Crippen molar-refractivity contribution in [3.05, 3.63) is 47.7 Å². The zero-order valence-electron chi connectivity index (χ0n) is 10.7. The van der Waals surface area contributed by atoms with Crippen LogP contribution in [0.3, 0.4) is 0 Å². The fourth-order valence-electron chi connectivity index (χ4n) is 2.07. The SMILES string of the molecule is CCc1cc(N)nc(Cc2nc3ccccc3[nH]2)n1. The molecule has 96 valence electrons. The molecule has 5 heteroatoms. The van der Waals surface area contributed by atoms with Crippen LogP contribution in [0, 0.1) is 0 Å². The minimum absolute atomic E-state index is 0.512. The average Bonchev–Trinajstić information content (AvgIpc) is 2.80. The van der Waals surface area contributed by atoms with E-state index in [4.69, 9.17) is 5.73 Å². The molecule has 3 aromatic rings. The van der Waals surface area contributed by atoms with E-state index >= 15 is 0 Å². The maximum Gasteiger partial charge on any atom is 0.138 e. The third-order valence-electron chi connectivity index (χ3n) is 2.97. The van der Waals surface area contributed by atoms with E-state index in [1.165, 1.54) is 0 Å². The molecule has 0 aliphatic heterocycles. The summed E-state index contributed by atoms with van der Waals surface area (Å²) in [5.74, 6) is 2.07. The highest BCUT2D eigenvalue weighted by atomic mass is 15.0. The van der Waals surface area contributed by atoms with Gasteiger partial charge < -0.3 is 10.7 Å². The van der Waals surface area contributed by atoms with Gasteiger partial charge in [0.15, 0.2) is 0 Å². The maximum atomic E-state index is 5.78. The molecule has 0 aliphatic carbocycles. The van der Waals surface area contributed by atoms with Gasteiger partial charge in [0.1, 0.15) is 17.5 Å². The van der Waals surface area contributed by atoms with Gasteiger partial charge in [-0.05, 0) is 18.6 Å². The van der Waals surface area contributed by atoms with Gasteiger partial charge in [0.2, 0.25) is 0 Å². The highest BCUT2D eigenvalue weighted by molar-refractivity contribution is 5.74. The number of H-pyrrole nitrogens is 1. The Balaban J connectivity index is 1.94. The molecule has 0 spiro atoms. The number of hydrogen-bond acceptors (Lipinski definition) is 4. The number of para-hydroxylation sites is 2. The molecule has 5 nitrogen and oxygen atoms in total. The van der Waals surface area contributed by atoms with Crippen molar-refractivity contribution in [2.45, 2.75) is 19.8 Å². The quantitative estimate of drug-likeness (QED) is 0.749. The molecule has 0 unspecified atom stereocenters. The third kappa shape index (κ3) is 2.40. The van der Waals surface area contributed by atoms with Crippen molar-refractivity contribution >= 4 is 16.9 Å². The van der Waals surface area contributed by atoms with Gasteiger partial charge >= 0.3 is 0 Å². The molecule has 0 atom stereocenters. The number of nitrogens with zero attached hydrogens (tertiary/aromatic N) is 3. The van der Waals surface area contributed by atoms with Crippen LogP contribution in [0.4, 0.5) is 5.82 Å². The smallest absolute Gasteiger partial charge is 0.138 e. The summed E-state index contributed by atoms with van der Waals surface area (Å²) in [5.41, 5.74) is 8.72. The van der Waals surface area contributed by atoms with E-state index in [2.05, 4.69) is 19.9 Å². The van der Waals surface area contributed by atoms with Gasteiger partial charge in [-0.3, -0.25) is 0 Å². The molecule has 0 bridgehead atoms. The largest absolute Gasteiger partial charge is 0.384 e. The van der Waals surface area contributed by atoms with Gasteiger partial charge in [0, 0.05) is 11.8 Å². The lowest BCUT2D eigenvalue weighted by Gasteiger charge is -2.02. The minimum atomic E-state index is 0.512. The van der Waals surface area contributed by atoms with E-state index in [9.17, 15) is 0 Å². The molecule has 3 rings (SSSR count). The molecule has 2 aromatic heterocycles.